The molecule has 0 aliphatic carbocycles. The highest BCUT2D eigenvalue weighted by Crippen LogP contribution is 2.19. The first-order chi connectivity index (χ1) is 9.81. The molecule has 0 heterocycles. The minimum absolute atomic E-state index is 0.0636. The Labute approximate surface area is 121 Å². The summed E-state index contributed by atoms with van der Waals surface area (Å²) >= 11 is 0. The highest BCUT2D eigenvalue weighted by atomic mass is 19.4. The molecule has 0 unspecified atom stereocenters. The molecule has 0 aliphatic rings. The summed E-state index contributed by atoms with van der Waals surface area (Å²) in [7, 11) is 1.53. The molecule has 0 aliphatic heterocycles. The van der Waals surface area contributed by atoms with Crippen molar-refractivity contribution in [2.45, 2.75) is 19.0 Å². The molecule has 1 aromatic rings. The molecule has 7 heteroatoms. The molecule has 0 atom stereocenters. The number of amides is 1. The van der Waals surface area contributed by atoms with Crippen LogP contribution in [0.1, 0.15) is 18.4 Å². The lowest BCUT2D eigenvalue weighted by Gasteiger charge is -2.17. The zero-order valence-electron chi connectivity index (χ0n) is 11.6. The molecule has 1 amide bonds. The Morgan fingerprint density at radius 2 is 2.00 bits per heavy atom. The van der Waals surface area contributed by atoms with Crippen LogP contribution < -0.4 is 5.32 Å². The molecule has 0 aromatic heterocycles. The Morgan fingerprint density at radius 3 is 2.62 bits per heavy atom. The number of nitrogens with one attached hydrogen (secondary N) is 1. The number of carbonyl (C=O) groups is 1. The lowest BCUT2D eigenvalue weighted by molar-refractivity contribution is -0.137. The second kappa shape index (κ2) is 7.64. The maximum atomic E-state index is 12.0. The second-order valence-electron chi connectivity index (χ2n) is 4.62. The Hall–Kier alpha value is -2.07. The van der Waals surface area contributed by atoms with Crippen LogP contribution in [0.5, 0.6) is 0 Å². The topological polar surface area (TPSA) is 56.1 Å². The smallest absolute Gasteiger partial charge is 0.325 e. The Kier molecular flexibility index (Phi) is 6.18. The lowest BCUT2D eigenvalue weighted by Crippen LogP contribution is -2.28. The van der Waals surface area contributed by atoms with Crippen LogP contribution in [0.25, 0.3) is 0 Å². The van der Waals surface area contributed by atoms with Gasteiger partial charge in [-0.1, -0.05) is 12.1 Å². The average Bonchev–Trinajstić information content (AvgIpc) is 2.42. The van der Waals surface area contributed by atoms with Gasteiger partial charge in [0.15, 0.2) is 0 Å². The van der Waals surface area contributed by atoms with Gasteiger partial charge in [0.25, 0.3) is 0 Å². The van der Waals surface area contributed by atoms with Crippen LogP contribution in [0, 0.1) is 11.3 Å². The maximum absolute atomic E-state index is 12.0. The van der Waals surface area contributed by atoms with Crippen LogP contribution in [0.3, 0.4) is 0 Å². The summed E-state index contributed by atoms with van der Waals surface area (Å²) in [4.78, 5) is 13.2. The highest BCUT2D eigenvalue weighted by Gasteiger charge is 2.27. The molecule has 0 spiro atoms. The van der Waals surface area contributed by atoms with E-state index < -0.39 is 12.6 Å². The van der Waals surface area contributed by atoms with E-state index in [1.54, 1.807) is 24.3 Å². The van der Waals surface area contributed by atoms with Gasteiger partial charge in [0, 0.05) is 19.5 Å². The summed E-state index contributed by atoms with van der Waals surface area (Å²) in [5, 5.41) is 11.5. The number of anilines is 1. The van der Waals surface area contributed by atoms with Crippen molar-refractivity contribution in [2.24, 2.45) is 0 Å². The zero-order chi connectivity index (χ0) is 15.9. The van der Waals surface area contributed by atoms with Gasteiger partial charge in [-0.2, -0.15) is 18.4 Å². The van der Waals surface area contributed by atoms with Gasteiger partial charge < -0.3 is 10.2 Å². The van der Waals surface area contributed by atoms with Crippen molar-refractivity contribution in [3.63, 3.8) is 0 Å². The number of alkyl halides is 3. The number of nitrogens with zero attached hydrogens (tertiary/aromatic N) is 2. The Balaban J connectivity index is 2.39. The summed E-state index contributed by atoms with van der Waals surface area (Å²) in [6.07, 6.45) is -5.03. The molecular weight excluding hydrogens is 283 g/mol. The summed E-state index contributed by atoms with van der Waals surface area (Å²) in [6, 6.07) is 8.49. The van der Waals surface area contributed by atoms with Gasteiger partial charge in [-0.3, -0.25) is 4.79 Å². The Morgan fingerprint density at radius 1 is 1.33 bits per heavy atom. The van der Waals surface area contributed by atoms with Gasteiger partial charge in [0.1, 0.15) is 6.07 Å². The molecule has 1 aromatic carbocycles. The molecule has 0 radical (unpaired) electrons. The van der Waals surface area contributed by atoms with Crippen LogP contribution in [0.4, 0.5) is 18.9 Å². The highest BCUT2D eigenvalue weighted by molar-refractivity contribution is 5.92. The number of halogens is 3. The minimum atomic E-state index is -4.19. The van der Waals surface area contributed by atoms with E-state index in [-0.39, 0.29) is 25.4 Å². The quantitative estimate of drug-likeness (QED) is 0.878. The first-order valence-electron chi connectivity index (χ1n) is 6.36. The van der Waals surface area contributed by atoms with Crippen molar-refractivity contribution < 1.29 is 18.0 Å². The van der Waals surface area contributed by atoms with Gasteiger partial charge in [-0.05, 0) is 19.2 Å². The molecule has 0 bridgehead atoms. The predicted octanol–water partition coefficient (Wildman–Crippen LogP) is 2.77. The van der Waals surface area contributed by atoms with E-state index in [0.717, 1.165) is 0 Å². The fourth-order valence-electron chi connectivity index (χ4n) is 1.62. The van der Waals surface area contributed by atoms with E-state index in [2.05, 4.69) is 5.32 Å². The Bertz CT molecular complexity index is 523. The van der Waals surface area contributed by atoms with Crippen molar-refractivity contribution in [2.75, 3.05) is 25.5 Å². The molecule has 0 fully saturated rings. The fraction of sp³-hybridized carbons (Fsp3) is 0.429. The van der Waals surface area contributed by atoms with Crippen molar-refractivity contribution >= 4 is 11.6 Å². The van der Waals surface area contributed by atoms with E-state index in [4.69, 9.17) is 5.26 Å². The van der Waals surface area contributed by atoms with Gasteiger partial charge in [-0.25, -0.2) is 0 Å². The maximum Gasteiger partial charge on any atom is 0.390 e. The van der Waals surface area contributed by atoms with Crippen molar-refractivity contribution in [3.05, 3.63) is 29.8 Å². The molecular formula is C14H16F3N3O. The third kappa shape index (κ3) is 6.77. The first-order valence-corrected chi connectivity index (χ1v) is 6.36. The number of hydrogen-bond acceptors (Lipinski definition) is 3. The van der Waals surface area contributed by atoms with Gasteiger partial charge >= 0.3 is 6.18 Å². The summed E-state index contributed by atoms with van der Waals surface area (Å²) in [5.41, 5.74) is 0.749. The number of rotatable bonds is 6. The van der Waals surface area contributed by atoms with Crippen LogP contribution in [0.15, 0.2) is 24.3 Å². The SMILES string of the molecule is CN(CCC(=O)Nc1ccccc1C#N)CCC(F)(F)F. The number of carbonyl (C=O) groups excluding carboxylic acids is 1. The standard InChI is InChI=1S/C14H16F3N3O/c1-20(9-7-14(15,16)17)8-6-13(21)19-12-5-3-2-4-11(12)10-18/h2-5H,6-9H2,1H3,(H,19,21). The van der Waals surface area contributed by atoms with Crippen LogP contribution in [-0.2, 0) is 4.79 Å². The van der Waals surface area contributed by atoms with Crippen molar-refractivity contribution in [3.8, 4) is 6.07 Å². The first kappa shape index (κ1) is 17.0. The normalized spacial score (nSPS) is 11.2. The average molecular weight is 299 g/mol. The molecule has 114 valence electrons. The molecule has 0 saturated carbocycles. The van der Waals surface area contributed by atoms with E-state index >= 15 is 0 Å². The largest absolute Gasteiger partial charge is 0.390 e. The van der Waals surface area contributed by atoms with E-state index in [1.165, 1.54) is 11.9 Å². The summed E-state index contributed by atoms with van der Waals surface area (Å²) in [5.74, 6) is -0.337. The van der Waals surface area contributed by atoms with E-state index in [9.17, 15) is 18.0 Å². The molecule has 4 nitrogen and oxygen atoms in total. The fourth-order valence-corrected chi connectivity index (χ4v) is 1.62. The number of nitriles is 1. The van der Waals surface area contributed by atoms with Gasteiger partial charge in [0.2, 0.25) is 5.91 Å². The second-order valence-corrected chi connectivity index (χ2v) is 4.62. The third-order valence-electron chi connectivity index (χ3n) is 2.82. The number of benzene rings is 1. The van der Waals surface area contributed by atoms with Crippen molar-refractivity contribution in [1.82, 2.24) is 4.90 Å². The van der Waals surface area contributed by atoms with Crippen LogP contribution in [-0.4, -0.2) is 37.1 Å². The molecule has 1 rings (SSSR count). The van der Waals surface area contributed by atoms with E-state index in [0.29, 0.717) is 11.3 Å². The van der Waals surface area contributed by atoms with Gasteiger partial charge in [0.05, 0.1) is 17.7 Å². The minimum Gasteiger partial charge on any atom is -0.325 e. The lowest BCUT2D eigenvalue weighted by atomic mass is 10.2. The monoisotopic (exact) mass is 299 g/mol. The van der Waals surface area contributed by atoms with Crippen LogP contribution in [0.2, 0.25) is 0 Å². The predicted molar refractivity (Wildman–Crippen MR) is 72.6 cm³/mol. The third-order valence-corrected chi connectivity index (χ3v) is 2.82. The molecule has 1 N–H and O–H groups in total. The number of hydrogen-bond donors (Lipinski definition) is 1. The van der Waals surface area contributed by atoms with Crippen LogP contribution >= 0.6 is 0 Å². The summed E-state index contributed by atoms with van der Waals surface area (Å²) in [6.45, 7) is 0.0716. The zero-order valence-corrected chi connectivity index (χ0v) is 11.6. The number of para-hydroxylation sites is 1. The molecule has 0 saturated heterocycles. The molecule has 21 heavy (non-hydrogen) atoms. The summed E-state index contributed by atoms with van der Waals surface area (Å²) < 4.78 is 36.1. The van der Waals surface area contributed by atoms with Crippen molar-refractivity contribution in [1.29, 1.82) is 5.26 Å². The van der Waals surface area contributed by atoms with Gasteiger partial charge in [-0.15, -0.1) is 0 Å². The van der Waals surface area contributed by atoms with E-state index in [1.807, 2.05) is 6.07 Å².